The summed E-state index contributed by atoms with van der Waals surface area (Å²) in [6.45, 7) is -0.0746. The summed E-state index contributed by atoms with van der Waals surface area (Å²) in [4.78, 5) is 3.86. The molecule has 1 fully saturated rings. The number of halogens is 2. The molecule has 0 amide bonds. The molecule has 2 rings (SSSR count). The van der Waals surface area contributed by atoms with Gasteiger partial charge in [0.15, 0.2) is 0 Å². The van der Waals surface area contributed by atoms with Crippen molar-refractivity contribution in [1.82, 2.24) is 4.98 Å². The van der Waals surface area contributed by atoms with Crippen molar-refractivity contribution in [3.63, 3.8) is 0 Å². The first kappa shape index (κ1) is 10.3. The van der Waals surface area contributed by atoms with E-state index in [9.17, 15) is 8.78 Å². The molecule has 1 aromatic heterocycles. The zero-order chi connectivity index (χ0) is 11.1. The van der Waals surface area contributed by atoms with Crippen LogP contribution in [0.1, 0.15) is 12.0 Å². The number of methoxy groups -OCH3 is 1. The lowest BCUT2D eigenvalue weighted by Gasteiger charge is -2.14. The van der Waals surface area contributed by atoms with Crippen LogP contribution >= 0.6 is 0 Å². The molecule has 0 spiro atoms. The van der Waals surface area contributed by atoms with Crippen LogP contribution in [0.5, 0.6) is 5.75 Å². The van der Waals surface area contributed by atoms with Crippen LogP contribution in [0, 0.1) is 0 Å². The van der Waals surface area contributed by atoms with Gasteiger partial charge in [0.1, 0.15) is 5.75 Å². The lowest BCUT2D eigenvalue weighted by atomic mass is 9.97. The number of nitrogens with zero attached hydrogens (tertiary/aromatic N) is 1. The largest absolute Gasteiger partial charge is 0.495 e. The Morgan fingerprint density at radius 3 is 2.67 bits per heavy atom. The van der Waals surface area contributed by atoms with E-state index >= 15 is 0 Å². The number of nitrogens with two attached hydrogens (primary N) is 1. The van der Waals surface area contributed by atoms with E-state index in [1.54, 1.807) is 6.07 Å². The van der Waals surface area contributed by atoms with Gasteiger partial charge < -0.3 is 10.5 Å². The number of hydrogen-bond acceptors (Lipinski definition) is 3. The molecule has 1 aliphatic carbocycles. The third-order valence-corrected chi connectivity index (χ3v) is 2.95. The molecule has 1 atom stereocenters. The highest BCUT2D eigenvalue weighted by Crippen LogP contribution is 2.60. The minimum Gasteiger partial charge on any atom is -0.495 e. The van der Waals surface area contributed by atoms with Gasteiger partial charge in [0.25, 0.3) is 5.92 Å². The van der Waals surface area contributed by atoms with Crippen LogP contribution in [0.4, 0.5) is 8.78 Å². The van der Waals surface area contributed by atoms with Crippen molar-refractivity contribution < 1.29 is 13.5 Å². The zero-order valence-corrected chi connectivity index (χ0v) is 8.34. The summed E-state index contributed by atoms with van der Waals surface area (Å²) < 4.78 is 31.4. The first-order valence-corrected chi connectivity index (χ1v) is 4.63. The monoisotopic (exact) mass is 214 g/mol. The van der Waals surface area contributed by atoms with Gasteiger partial charge in [0.05, 0.1) is 18.7 Å². The summed E-state index contributed by atoms with van der Waals surface area (Å²) in [5, 5.41) is 0. The third-order valence-electron chi connectivity index (χ3n) is 2.95. The third kappa shape index (κ3) is 1.38. The van der Waals surface area contributed by atoms with Crippen molar-refractivity contribution in [2.45, 2.75) is 17.8 Å². The van der Waals surface area contributed by atoms with Crippen molar-refractivity contribution in [3.05, 3.63) is 24.0 Å². The highest BCUT2D eigenvalue weighted by molar-refractivity contribution is 5.40. The number of ether oxygens (including phenoxy) is 1. The second kappa shape index (κ2) is 3.13. The van der Waals surface area contributed by atoms with Crippen LogP contribution in [0.3, 0.4) is 0 Å². The Morgan fingerprint density at radius 1 is 1.53 bits per heavy atom. The van der Waals surface area contributed by atoms with Crippen molar-refractivity contribution >= 4 is 0 Å². The Morgan fingerprint density at radius 2 is 2.20 bits per heavy atom. The van der Waals surface area contributed by atoms with E-state index in [1.807, 2.05) is 0 Å². The summed E-state index contributed by atoms with van der Waals surface area (Å²) in [5.41, 5.74) is 4.64. The van der Waals surface area contributed by atoms with Gasteiger partial charge in [-0.25, -0.2) is 8.78 Å². The molecule has 3 nitrogen and oxygen atoms in total. The van der Waals surface area contributed by atoms with Gasteiger partial charge in [0, 0.05) is 19.2 Å². The highest BCUT2D eigenvalue weighted by atomic mass is 19.3. The molecule has 0 radical (unpaired) electrons. The molecule has 0 bridgehead atoms. The molecule has 82 valence electrons. The maximum Gasteiger partial charge on any atom is 0.260 e. The van der Waals surface area contributed by atoms with E-state index in [0.29, 0.717) is 11.3 Å². The first-order chi connectivity index (χ1) is 7.05. The Hall–Kier alpha value is -1.23. The number of aromatic nitrogens is 1. The maximum absolute atomic E-state index is 13.2. The molecule has 0 aliphatic heterocycles. The smallest absolute Gasteiger partial charge is 0.260 e. The van der Waals surface area contributed by atoms with E-state index < -0.39 is 11.3 Å². The number of rotatable bonds is 3. The SMILES string of the molecule is COc1cncc(C2(CN)CC2(F)F)c1. The molecule has 1 aliphatic rings. The van der Waals surface area contributed by atoms with Crippen molar-refractivity contribution in [3.8, 4) is 5.75 Å². The van der Waals surface area contributed by atoms with Gasteiger partial charge in [-0.3, -0.25) is 4.98 Å². The minimum absolute atomic E-state index is 0.0746. The average molecular weight is 214 g/mol. The fraction of sp³-hybridized carbons (Fsp3) is 0.500. The van der Waals surface area contributed by atoms with Crippen LogP contribution in [-0.2, 0) is 5.41 Å². The van der Waals surface area contributed by atoms with Crippen LogP contribution in [0.15, 0.2) is 18.5 Å². The Kier molecular flexibility index (Phi) is 2.15. The maximum atomic E-state index is 13.2. The standard InChI is InChI=1S/C10H12F2N2O/c1-15-8-2-7(3-14-4-8)9(6-13)5-10(9,11)12/h2-4H,5-6,13H2,1H3. The number of hydrogen-bond donors (Lipinski definition) is 1. The van der Waals surface area contributed by atoms with Crippen molar-refractivity contribution in [2.75, 3.05) is 13.7 Å². The fourth-order valence-electron chi connectivity index (χ4n) is 1.78. The normalized spacial score (nSPS) is 27.5. The van der Waals surface area contributed by atoms with Gasteiger partial charge in [-0.05, 0) is 11.6 Å². The van der Waals surface area contributed by atoms with E-state index in [4.69, 9.17) is 10.5 Å². The summed E-state index contributed by atoms with van der Waals surface area (Å²) in [5.74, 6) is -2.24. The topological polar surface area (TPSA) is 48.1 Å². The van der Waals surface area contributed by atoms with Crippen LogP contribution in [0.25, 0.3) is 0 Å². The minimum atomic E-state index is -2.71. The number of alkyl halides is 2. The lowest BCUT2D eigenvalue weighted by Crippen LogP contribution is -2.26. The molecule has 1 saturated carbocycles. The van der Waals surface area contributed by atoms with Gasteiger partial charge in [-0.15, -0.1) is 0 Å². The Labute approximate surface area is 86.3 Å². The molecule has 0 saturated heterocycles. The fourth-order valence-corrected chi connectivity index (χ4v) is 1.78. The van der Waals surface area contributed by atoms with Crippen molar-refractivity contribution in [1.29, 1.82) is 0 Å². The Balaban J connectivity index is 2.37. The Bertz CT molecular complexity index is 383. The predicted octanol–water partition coefficient (Wildman–Crippen LogP) is 1.33. The van der Waals surface area contributed by atoms with E-state index in [0.717, 1.165) is 0 Å². The van der Waals surface area contributed by atoms with E-state index in [2.05, 4.69) is 4.98 Å². The summed E-state index contributed by atoms with van der Waals surface area (Å²) in [6, 6.07) is 1.57. The molecular formula is C10H12F2N2O. The zero-order valence-electron chi connectivity index (χ0n) is 8.34. The van der Waals surface area contributed by atoms with Crippen LogP contribution in [0.2, 0.25) is 0 Å². The van der Waals surface area contributed by atoms with Gasteiger partial charge in [-0.1, -0.05) is 0 Å². The van der Waals surface area contributed by atoms with Gasteiger partial charge >= 0.3 is 0 Å². The molecule has 1 heterocycles. The van der Waals surface area contributed by atoms with Crippen LogP contribution < -0.4 is 10.5 Å². The number of pyridine rings is 1. The van der Waals surface area contributed by atoms with Gasteiger partial charge in [-0.2, -0.15) is 0 Å². The van der Waals surface area contributed by atoms with Gasteiger partial charge in [0.2, 0.25) is 0 Å². The molecule has 1 unspecified atom stereocenters. The highest BCUT2D eigenvalue weighted by Gasteiger charge is 2.71. The predicted molar refractivity (Wildman–Crippen MR) is 51.1 cm³/mol. The molecule has 15 heavy (non-hydrogen) atoms. The summed E-state index contributed by atoms with van der Waals surface area (Å²) in [7, 11) is 1.47. The summed E-state index contributed by atoms with van der Waals surface area (Å²) >= 11 is 0. The second-order valence-corrected chi connectivity index (χ2v) is 3.78. The summed E-state index contributed by atoms with van der Waals surface area (Å²) in [6.07, 6.45) is 2.70. The molecular weight excluding hydrogens is 202 g/mol. The quantitative estimate of drug-likeness (QED) is 0.825. The molecule has 5 heteroatoms. The first-order valence-electron chi connectivity index (χ1n) is 4.63. The van der Waals surface area contributed by atoms with E-state index in [1.165, 1.54) is 19.5 Å². The average Bonchev–Trinajstić information content (AvgIpc) is 2.82. The lowest BCUT2D eigenvalue weighted by molar-refractivity contribution is 0.0895. The van der Waals surface area contributed by atoms with Crippen molar-refractivity contribution in [2.24, 2.45) is 5.73 Å². The second-order valence-electron chi connectivity index (χ2n) is 3.78. The molecule has 1 aromatic rings. The molecule has 0 aromatic carbocycles. The van der Waals surface area contributed by atoms with Crippen LogP contribution in [-0.4, -0.2) is 24.6 Å². The van der Waals surface area contributed by atoms with E-state index in [-0.39, 0.29) is 13.0 Å². The molecule has 2 N–H and O–H groups in total.